The van der Waals surface area contributed by atoms with E-state index >= 15 is 0 Å². The van der Waals surface area contributed by atoms with E-state index in [2.05, 4.69) is 26.5 Å². The summed E-state index contributed by atoms with van der Waals surface area (Å²) in [7, 11) is 0. The monoisotopic (exact) mass is 396 g/mol. The van der Waals surface area contributed by atoms with Gasteiger partial charge in [-0.1, -0.05) is 38.2 Å². The summed E-state index contributed by atoms with van der Waals surface area (Å²) in [6.07, 6.45) is 7.90. The van der Waals surface area contributed by atoms with Crippen LogP contribution in [0.2, 0.25) is 0 Å². The Bertz CT molecular complexity index is 519. The van der Waals surface area contributed by atoms with Crippen molar-refractivity contribution in [3.05, 3.63) is 35.5 Å². The second-order valence-corrected chi connectivity index (χ2v) is 7.82. The first-order valence-electron chi connectivity index (χ1n) is 10.3. The third-order valence-corrected chi connectivity index (χ3v) is 5.05. The molecule has 5 nitrogen and oxygen atoms in total. The number of hydrogen-bond donors (Lipinski definition) is 3. The SMILES string of the molecule is C=C(CC(O)C(C)=CCCC(CCCC(=CCO)CO)COC(C)=O)C(C)C. The molecular formula is C23H40O5. The average molecular weight is 397 g/mol. The molecule has 162 valence electrons. The van der Waals surface area contributed by atoms with Crippen molar-refractivity contribution < 1.29 is 24.9 Å². The molecule has 0 saturated heterocycles. The topological polar surface area (TPSA) is 87.0 Å². The third-order valence-electron chi connectivity index (χ3n) is 5.05. The fourth-order valence-electron chi connectivity index (χ4n) is 2.87. The van der Waals surface area contributed by atoms with Gasteiger partial charge in [-0.15, -0.1) is 0 Å². The van der Waals surface area contributed by atoms with E-state index in [-0.39, 0.29) is 25.1 Å². The Morgan fingerprint density at radius 2 is 1.82 bits per heavy atom. The molecule has 0 aliphatic carbocycles. The predicted octanol–water partition coefficient (Wildman–Crippen LogP) is 3.94. The number of ether oxygens (including phenoxy) is 1. The van der Waals surface area contributed by atoms with Crippen LogP contribution in [0.15, 0.2) is 35.5 Å². The summed E-state index contributed by atoms with van der Waals surface area (Å²) >= 11 is 0. The Kier molecular flexibility index (Phi) is 14.7. The van der Waals surface area contributed by atoms with Gasteiger partial charge in [0.2, 0.25) is 0 Å². The van der Waals surface area contributed by atoms with Crippen molar-refractivity contribution in [2.45, 2.75) is 72.3 Å². The minimum atomic E-state index is -0.502. The molecule has 28 heavy (non-hydrogen) atoms. The van der Waals surface area contributed by atoms with Gasteiger partial charge in [-0.25, -0.2) is 0 Å². The van der Waals surface area contributed by atoms with Crippen LogP contribution in [0.1, 0.15) is 66.2 Å². The van der Waals surface area contributed by atoms with Gasteiger partial charge in [0.25, 0.3) is 0 Å². The molecule has 0 amide bonds. The maximum Gasteiger partial charge on any atom is 0.302 e. The van der Waals surface area contributed by atoms with E-state index in [0.717, 1.165) is 48.8 Å². The smallest absolute Gasteiger partial charge is 0.302 e. The first-order chi connectivity index (χ1) is 13.2. The van der Waals surface area contributed by atoms with Crippen LogP contribution in [0.5, 0.6) is 0 Å². The van der Waals surface area contributed by atoms with Gasteiger partial charge in [-0.05, 0) is 68.4 Å². The molecular weight excluding hydrogens is 356 g/mol. The molecule has 0 saturated carbocycles. The van der Waals surface area contributed by atoms with Crippen LogP contribution in [-0.2, 0) is 9.53 Å². The standard InChI is InChI=1S/C23H40O5/c1-17(2)19(4)14-23(27)18(3)8-6-10-22(16-28-20(5)26)11-7-9-21(15-25)12-13-24/h8,12,17,22-25,27H,4,6-7,9-11,13-16H2,1-3,5H3. The quantitative estimate of drug-likeness (QED) is 0.288. The lowest BCUT2D eigenvalue weighted by Crippen LogP contribution is -2.13. The van der Waals surface area contributed by atoms with E-state index in [9.17, 15) is 15.0 Å². The molecule has 5 heteroatoms. The van der Waals surface area contributed by atoms with Crippen LogP contribution in [-0.4, -0.2) is 47.2 Å². The summed E-state index contributed by atoms with van der Waals surface area (Å²) in [6, 6.07) is 0. The molecule has 0 spiro atoms. The first-order valence-corrected chi connectivity index (χ1v) is 10.3. The summed E-state index contributed by atoms with van der Waals surface area (Å²) in [5.41, 5.74) is 2.82. The summed E-state index contributed by atoms with van der Waals surface area (Å²) in [6.45, 7) is 11.8. The van der Waals surface area contributed by atoms with Crippen LogP contribution in [0.4, 0.5) is 0 Å². The van der Waals surface area contributed by atoms with Gasteiger partial charge in [0.15, 0.2) is 0 Å². The number of aliphatic hydroxyl groups is 3. The van der Waals surface area contributed by atoms with Crippen molar-refractivity contribution >= 4 is 5.97 Å². The highest BCUT2D eigenvalue weighted by molar-refractivity contribution is 5.65. The van der Waals surface area contributed by atoms with E-state index in [1.54, 1.807) is 6.08 Å². The Morgan fingerprint density at radius 3 is 2.36 bits per heavy atom. The molecule has 0 aliphatic heterocycles. The largest absolute Gasteiger partial charge is 0.466 e. The van der Waals surface area contributed by atoms with Gasteiger partial charge in [-0.2, -0.15) is 0 Å². The highest BCUT2D eigenvalue weighted by Gasteiger charge is 2.13. The van der Waals surface area contributed by atoms with Gasteiger partial charge in [0.05, 0.1) is 25.9 Å². The van der Waals surface area contributed by atoms with Gasteiger partial charge in [0.1, 0.15) is 0 Å². The first kappa shape index (κ1) is 26.6. The average Bonchev–Trinajstić information content (AvgIpc) is 2.64. The number of aliphatic hydroxyl groups excluding tert-OH is 3. The summed E-state index contributed by atoms with van der Waals surface area (Å²) in [5, 5.41) is 28.5. The zero-order valence-electron chi connectivity index (χ0n) is 18.1. The van der Waals surface area contributed by atoms with E-state index in [0.29, 0.717) is 18.9 Å². The Hall–Kier alpha value is -1.43. The molecule has 0 fully saturated rings. The zero-order chi connectivity index (χ0) is 21.5. The van der Waals surface area contributed by atoms with Crippen LogP contribution >= 0.6 is 0 Å². The molecule has 0 bridgehead atoms. The molecule has 0 radical (unpaired) electrons. The van der Waals surface area contributed by atoms with Crippen LogP contribution in [0, 0.1) is 11.8 Å². The third kappa shape index (κ3) is 12.9. The van der Waals surface area contributed by atoms with Gasteiger partial charge in [0, 0.05) is 6.92 Å². The minimum Gasteiger partial charge on any atom is -0.466 e. The number of hydrogen-bond acceptors (Lipinski definition) is 5. The van der Waals surface area contributed by atoms with Crippen molar-refractivity contribution in [2.75, 3.05) is 19.8 Å². The van der Waals surface area contributed by atoms with Crippen molar-refractivity contribution in [3.63, 3.8) is 0 Å². The lowest BCUT2D eigenvalue weighted by Gasteiger charge is -2.18. The molecule has 0 aliphatic rings. The van der Waals surface area contributed by atoms with Crippen LogP contribution < -0.4 is 0 Å². The number of rotatable bonds is 15. The van der Waals surface area contributed by atoms with Crippen LogP contribution in [0.3, 0.4) is 0 Å². The number of carbonyl (C=O) groups excluding carboxylic acids is 1. The summed E-state index contributed by atoms with van der Waals surface area (Å²) in [5.74, 6) is 0.305. The Morgan fingerprint density at radius 1 is 1.14 bits per heavy atom. The van der Waals surface area contributed by atoms with Crippen molar-refractivity contribution in [2.24, 2.45) is 11.8 Å². The van der Waals surface area contributed by atoms with E-state index in [4.69, 9.17) is 9.84 Å². The van der Waals surface area contributed by atoms with Gasteiger partial charge >= 0.3 is 5.97 Å². The zero-order valence-corrected chi connectivity index (χ0v) is 18.1. The molecule has 2 atom stereocenters. The number of carbonyl (C=O) groups is 1. The maximum atomic E-state index is 11.1. The molecule has 2 unspecified atom stereocenters. The molecule has 3 N–H and O–H groups in total. The van der Waals surface area contributed by atoms with E-state index in [1.165, 1.54) is 6.92 Å². The molecule has 0 aromatic carbocycles. The van der Waals surface area contributed by atoms with Crippen molar-refractivity contribution in [1.29, 1.82) is 0 Å². The predicted molar refractivity (Wildman–Crippen MR) is 114 cm³/mol. The Labute approximate surface area is 170 Å². The molecule has 0 heterocycles. The molecule has 0 aromatic heterocycles. The highest BCUT2D eigenvalue weighted by atomic mass is 16.5. The highest BCUT2D eigenvalue weighted by Crippen LogP contribution is 2.21. The fourth-order valence-corrected chi connectivity index (χ4v) is 2.87. The van der Waals surface area contributed by atoms with E-state index < -0.39 is 6.10 Å². The number of esters is 1. The lowest BCUT2D eigenvalue weighted by atomic mass is 9.93. The van der Waals surface area contributed by atoms with Crippen molar-refractivity contribution in [1.82, 2.24) is 0 Å². The fraction of sp³-hybridized carbons (Fsp3) is 0.696. The molecule has 0 aromatic rings. The van der Waals surface area contributed by atoms with Gasteiger partial charge in [-0.3, -0.25) is 4.79 Å². The second-order valence-electron chi connectivity index (χ2n) is 7.82. The Balaban J connectivity index is 4.59. The lowest BCUT2D eigenvalue weighted by molar-refractivity contribution is -0.142. The van der Waals surface area contributed by atoms with Gasteiger partial charge < -0.3 is 20.1 Å². The normalized spacial score (nSPS) is 14.9. The maximum absolute atomic E-state index is 11.1. The second kappa shape index (κ2) is 15.5. The van der Waals surface area contributed by atoms with Crippen LogP contribution in [0.25, 0.3) is 0 Å². The number of allylic oxidation sites excluding steroid dienone is 1. The van der Waals surface area contributed by atoms with E-state index in [1.807, 2.05) is 6.92 Å². The summed E-state index contributed by atoms with van der Waals surface area (Å²) < 4.78 is 5.19. The minimum absolute atomic E-state index is 0.0450. The molecule has 0 rings (SSSR count). The summed E-state index contributed by atoms with van der Waals surface area (Å²) in [4.78, 5) is 11.1. The van der Waals surface area contributed by atoms with Crippen molar-refractivity contribution in [3.8, 4) is 0 Å².